The highest BCUT2D eigenvalue weighted by Crippen LogP contribution is 2.20. The third kappa shape index (κ3) is 4.80. The fraction of sp³-hybridized carbons (Fsp3) is 0.143. The van der Waals surface area contributed by atoms with Crippen LogP contribution in [0.25, 0.3) is 0 Å². The number of hydrazine groups is 1. The minimum Gasteiger partial charge on any atom is -0.497 e. The second kappa shape index (κ2) is 7.70. The van der Waals surface area contributed by atoms with Gasteiger partial charge in [-0.3, -0.25) is 20.4 Å². The molecule has 0 aliphatic carbocycles. The van der Waals surface area contributed by atoms with Gasteiger partial charge in [-0.15, -0.1) is 23.1 Å². The SMILES string of the molecule is COc1ccc(SCC(=O)NNC(=O)c2cccs2)cc1. The number of rotatable bonds is 5. The summed E-state index contributed by atoms with van der Waals surface area (Å²) in [5, 5.41) is 1.80. The Morgan fingerprint density at radius 2 is 1.95 bits per heavy atom. The Labute approximate surface area is 130 Å². The molecule has 0 aliphatic heterocycles. The summed E-state index contributed by atoms with van der Waals surface area (Å²) in [6.45, 7) is 0. The Kier molecular flexibility index (Phi) is 5.65. The molecule has 21 heavy (non-hydrogen) atoms. The molecule has 0 unspecified atom stereocenters. The topological polar surface area (TPSA) is 67.4 Å². The largest absolute Gasteiger partial charge is 0.497 e. The number of methoxy groups -OCH3 is 1. The van der Waals surface area contributed by atoms with E-state index in [0.717, 1.165) is 10.6 Å². The molecule has 1 aromatic carbocycles. The summed E-state index contributed by atoms with van der Waals surface area (Å²) >= 11 is 2.70. The molecule has 2 aromatic rings. The molecule has 110 valence electrons. The number of carbonyl (C=O) groups is 2. The highest BCUT2D eigenvalue weighted by atomic mass is 32.2. The summed E-state index contributed by atoms with van der Waals surface area (Å²) < 4.78 is 5.06. The van der Waals surface area contributed by atoms with Gasteiger partial charge in [-0.25, -0.2) is 0 Å². The van der Waals surface area contributed by atoms with Gasteiger partial charge in [-0.05, 0) is 35.7 Å². The Bertz CT molecular complexity index is 597. The summed E-state index contributed by atoms with van der Waals surface area (Å²) in [4.78, 5) is 24.8. The molecular weight excluding hydrogens is 308 g/mol. The number of nitrogens with one attached hydrogen (secondary N) is 2. The number of thioether (sulfide) groups is 1. The van der Waals surface area contributed by atoms with Crippen LogP contribution in [0, 0.1) is 0 Å². The molecule has 0 radical (unpaired) electrons. The van der Waals surface area contributed by atoms with Gasteiger partial charge >= 0.3 is 0 Å². The van der Waals surface area contributed by atoms with E-state index in [4.69, 9.17) is 4.74 Å². The first kappa shape index (κ1) is 15.4. The Morgan fingerprint density at radius 1 is 1.19 bits per heavy atom. The van der Waals surface area contributed by atoms with E-state index in [9.17, 15) is 9.59 Å². The van der Waals surface area contributed by atoms with E-state index < -0.39 is 0 Å². The minimum atomic E-state index is -0.312. The summed E-state index contributed by atoms with van der Waals surface area (Å²) in [6, 6.07) is 10.9. The van der Waals surface area contributed by atoms with Crippen molar-refractivity contribution >= 4 is 34.9 Å². The van der Waals surface area contributed by atoms with E-state index in [1.807, 2.05) is 24.3 Å². The van der Waals surface area contributed by atoms with Crippen LogP contribution in [0.2, 0.25) is 0 Å². The van der Waals surface area contributed by atoms with Gasteiger partial charge in [0.05, 0.1) is 17.7 Å². The predicted octanol–water partition coefficient (Wildman–Crippen LogP) is 2.31. The smallest absolute Gasteiger partial charge is 0.279 e. The summed E-state index contributed by atoms with van der Waals surface area (Å²) in [5.74, 6) is 0.414. The van der Waals surface area contributed by atoms with Crippen molar-refractivity contribution in [3.8, 4) is 5.75 Å². The fourth-order valence-corrected chi connectivity index (χ4v) is 2.77. The molecule has 5 nitrogen and oxygen atoms in total. The summed E-state index contributed by atoms with van der Waals surface area (Å²) in [5.41, 5.74) is 4.76. The van der Waals surface area contributed by atoms with Crippen LogP contribution >= 0.6 is 23.1 Å². The highest BCUT2D eigenvalue weighted by Gasteiger charge is 2.08. The lowest BCUT2D eigenvalue weighted by Gasteiger charge is -2.06. The first-order valence-corrected chi connectivity index (χ1v) is 7.95. The third-order valence-electron chi connectivity index (χ3n) is 2.49. The van der Waals surface area contributed by atoms with E-state index in [1.54, 1.807) is 24.6 Å². The van der Waals surface area contributed by atoms with Gasteiger partial charge in [0.2, 0.25) is 5.91 Å². The third-order valence-corrected chi connectivity index (χ3v) is 4.37. The van der Waals surface area contributed by atoms with Gasteiger partial charge in [0.15, 0.2) is 0 Å². The van der Waals surface area contributed by atoms with E-state index in [2.05, 4.69) is 10.9 Å². The average Bonchev–Trinajstić information content (AvgIpc) is 3.05. The normalized spacial score (nSPS) is 9.95. The zero-order chi connectivity index (χ0) is 15.1. The maximum absolute atomic E-state index is 11.6. The molecule has 0 aliphatic rings. The number of hydrogen-bond donors (Lipinski definition) is 2. The van der Waals surface area contributed by atoms with Crippen LogP contribution in [0.1, 0.15) is 9.67 Å². The van der Waals surface area contributed by atoms with Gasteiger partial charge in [0.1, 0.15) is 5.75 Å². The van der Waals surface area contributed by atoms with E-state index in [0.29, 0.717) is 4.88 Å². The van der Waals surface area contributed by atoms with Crippen LogP contribution < -0.4 is 15.6 Å². The van der Waals surface area contributed by atoms with Crippen LogP contribution in [0.4, 0.5) is 0 Å². The molecular formula is C14H14N2O3S2. The molecule has 7 heteroatoms. The zero-order valence-electron chi connectivity index (χ0n) is 11.3. The molecule has 0 fully saturated rings. The van der Waals surface area contributed by atoms with Gasteiger partial charge < -0.3 is 4.74 Å². The van der Waals surface area contributed by atoms with Crippen LogP contribution in [0.5, 0.6) is 5.75 Å². The van der Waals surface area contributed by atoms with Crippen molar-refractivity contribution in [2.45, 2.75) is 4.90 Å². The minimum absolute atomic E-state index is 0.219. The fourth-order valence-electron chi connectivity index (χ4n) is 1.45. The van der Waals surface area contributed by atoms with Crippen molar-refractivity contribution in [3.63, 3.8) is 0 Å². The number of amides is 2. The standard InChI is InChI=1S/C14H14N2O3S2/c1-19-10-4-6-11(7-5-10)21-9-13(17)15-16-14(18)12-3-2-8-20-12/h2-8H,9H2,1H3,(H,15,17)(H,16,18). The molecule has 2 N–H and O–H groups in total. The second-order valence-corrected chi connectivity index (χ2v) is 5.94. The zero-order valence-corrected chi connectivity index (χ0v) is 12.9. The number of hydrogen-bond acceptors (Lipinski definition) is 5. The van der Waals surface area contributed by atoms with Gasteiger partial charge in [-0.2, -0.15) is 0 Å². The molecule has 2 amide bonds. The molecule has 0 saturated heterocycles. The van der Waals surface area contributed by atoms with Crippen LogP contribution in [0.15, 0.2) is 46.7 Å². The van der Waals surface area contributed by atoms with E-state index in [1.165, 1.54) is 23.1 Å². The first-order chi connectivity index (χ1) is 10.2. The van der Waals surface area contributed by atoms with Crippen molar-refractivity contribution < 1.29 is 14.3 Å². The van der Waals surface area contributed by atoms with Crippen molar-refractivity contribution in [1.82, 2.24) is 10.9 Å². The van der Waals surface area contributed by atoms with E-state index in [-0.39, 0.29) is 17.6 Å². The van der Waals surface area contributed by atoms with Gasteiger partial charge in [-0.1, -0.05) is 6.07 Å². The van der Waals surface area contributed by atoms with Crippen LogP contribution in [0.3, 0.4) is 0 Å². The lowest BCUT2D eigenvalue weighted by molar-refractivity contribution is -0.119. The maximum atomic E-state index is 11.6. The quantitative estimate of drug-likeness (QED) is 0.655. The average molecular weight is 322 g/mol. The molecule has 1 aromatic heterocycles. The molecule has 0 spiro atoms. The van der Waals surface area contributed by atoms with Crippen molar-refractivity contribution in [2.75, 3.05) is 12.9 Å². The van der Waals surface area contributed by atoms with Crippen molar-refractivity contribution in [2.24, 2.45) is 0 Å². The van der Waals surface area contributed by atoms with Crippen molar-refractivity contribution in [1.29, 1.82) is 0 Å². The molecule has 0 saturated carbocycles. The Balaban J connectivity index is 1.73. The van der Waals surface area contributed by atoms with Gasteiger partial charge in [0.25, 0.3) is 5.91 Å². The van der Waals surface area contributed by atoms with Crippen LogP contribution in [-0.4, -0.2) is 24.7 Å². The summed E-state index contributed by atoms with van der Waals surface area (Å²) in [7, 11) is 1.60. The molecule has 0 atom stereocenters. The molecule has 0 bridgehead atoms. The summed E-state index contributed by atoms with van der Waals surface area (Å²) in [6.07, 6.45) is 0. The lowest BCUT2D eigenvalue weighted by atomic mass is 10.3. The number of ether oxygens (including phenoxy) is 1. The maximum Gasteiger partial charge on any atom is 0.279 e. The Morgan fingerprint density at radius 3 is 2.57 bits per heavy atom. The van der Waals surface area contributed by atoms with Crippen LogP contribution in [-0.2, 0) is 4.79 Å². The molecule has 2 rings (SSSR count). The first-order valence-electron chi connectivity index (χ1n) is 6.08. The number of thiophene rings is 1. The predicted molar refractivity (Wildman–Crippen MR) is 83.6 cm³/mol. The molecule has 1 heterocycles. The monoisotopic (exact) mass is 322 g/mol. The Hall–Kier alpha value is -1.99. The highest BCUT2D eigenvalue weighted by molar-refractivity contribution is 8.00. The van der Waals surface area contributed by atoms with Crippen molar-refractivity contribution in [3.05, 3.63) is 46.7 Å². The lowest BCUT2D eigenvalue weighted by Crippen LogP contribution is -2.42. The number of benzene rings is 1. The van der Waals surface area contributed by atoms with E-state index >= 15 is 0 Å². The second-order valence-electron chi connectivity index (χ2n) is 3.94. The van der Waals surface area contributed by atoms with Gasteiger partial charge in [0, 0.05) is 4.90 Å². The number of carbonyl (C=O) groups excluding carboxylic acids is 2.